The van der Waals surface area contributed by atoms with E-state index in [1.165, 1.54) is 5.56 Å². The molecule has 148 valence electrons. The number of carbonyl (C=O) groups excluding carboxylic acids is 1. The molecule has 0 bridgehead atoms. The van der Waals surface area contributed by atoms with Crippen molar-refractivity contribution >= 4 is 11.7 Å². The van der Waals surface area contributed by atoms with Crippen molar-refractivity contribution < 1.29 is 4.79 Å². The molecule has 6 nitrogen and oxygen atoms in total. The molecule has 1 atom stereocenters. The standard InChI is InChI=1S/C22H29N5O/c1-15(2)22(28)27-13-7-10-19(27)20-24-16(3)18-9-6-12-26(21(18)25-20)14-17-8-4-5-11-23-17/h4-5,8,11,15,19H,6-7,9-10,12-14H2,1-3H3/t19-/m1/s1. The molecule has 4 heterocycles. The van der Waals surface area contributed by atoms with E-state index in [9.17, 15) is 4.79 Å². The van der Waals surface area contributed by atoms with Gasteiger partial charge in [-0.25, -0.2) is 9.97 Å². The molecule has 0 radical (unpaired) electrons. The fraction of sp³-hybridized carbons (Fsp3) is 0.545. The number of hydrogen-bond acceptors (Lipinski definition) is 5. The lowest BCUT2D eigenvalue weighted by atomic mass is 10.0. The Bertz CT molecular complexity index is 852. The molecule has 2 aromatic heterocycles. The number of rotatable bonds is 4. The third-order valence-electron chi connectivity index (χ3n) is 5.77. The Balaban J connectivity index is 1.67. The SMILES string of the molecule is Cc1nc([C@H]2CCCN2C(=O)C(C)C)nc2c1CCCN2Cc1ccccn1. The molecule has 0 N–H and O–H groups in total. The van der Waals surface area contributed by atoms with Gasteiger partial charge in [-0.2, -0.15) is 0 Å². The molecule has 2 aliphatic rings. The predicted molar refractivity (Wildman–Crippen MR) is 109 cm³/mol. The average Bonchev–Trinajstić information content (AvgIpc) is 3.18. The predicted octanol–water partition coefficient (Wildman–Crippen LogP) is 3.45. The summed E-state index contributed by atoms with van der Waals surface area (Å²) in [6, 6.07) is 6.03. The molecule has 2 aromatic rings. The lowest BCUT2D eigenvalue weighted by Gasteiger charge is -2.32. The molecule has 0 aliphatic carbocycles. The zero-order chi connectivity index (χ0) is 19.7. The summed E-state index contributed by atoms with van der Waals surface area (Å²) >= 11 is 0. The van der Waals surface area contributed by atoms with E-state index in [1.807, 2.05) is 37.1 Å². The van der Waals surface area contributed by atoms with Crippen LogP contribution in [0.3, 0.4) is 0 Å². The van der Waals surface area contributed by atoms with Gasteiger partial charge in [0.2, 0.25) is 5.91 Å². The van der Waals surface area contributed by atoms with Crippen LogP contribution in [0.4, 0.5) is 5.82 Å². The fourth-order valence-corrected chi connectivity index (χ4v) is 4.33. The van der Waals surface area contributed by atoms with Crippen molar-refractivity contribution in [3.8, 4) is 0 Å². The first-order valence-corrected chi connectivity index (χ1v) is 10.4. The van der Waals surface area contributed by atoms with Crippen LogP contribution in [0.15, 0.2) is 24.4 Å². The van der Waals surface area contributed by atoms with E-state index in [2.05, 4.69) is 22.9 Å². The Morgan fingerprint density at radius 3 is 2.82 bits per heavy atom. The van der Waals surface area contributed by atoms with Gasteiger partial charge in [0, 0.05) is 36.5 Å². The van der Waals surface area contributed by atoms with Crippen molar-refractivity contribution in [2.75, 3.05) is 18.0 Å². The van der Waals surface area contributed by atoms with Crippen molar-refractivity contribution in [1.29, 1.82) is 0 Å². The molecule has 2 aliphatic heterocycles. The van der Waals surface area contributed by atoms with Crippen LogP contribution in [0.2, 0.25) is 0 Å². The van der Waals surface area contributed by atoms with E-state index < -0.39 is 0 Å². The summed E-state index contributed by atoms with van der Waals surface area (Å²) in [5, 5.41) is 0. The van der Waals surface area contributed by atoms with Crippen molar-refractivity contribution in [3.63, 3.8) is 0 Å². The Labute approximate surface area is 167 Å². The summed E-state index contributed by atoms with van der Waals surface area (Å²) < 4.78 is 0. The van der Waals surface area contributed by atoms with Crippen LogP contribution in [0, 0.1) is 12.8 Å². The highest BCUT2D eigenvalue weighted by Crippen LogP contribution is 2.35. The van der Waals surface area contributed by atoms with E-state index in [0.717, 1.165) is 68.3 Å². The number of likely N-dealkylation sites (tertiary alicyclic amines) is 1. The van der Waals surface area contributed by atoms with Gasteiger partial charge < -0.3 is 9.80 Å². The smallest absolute Gasteiger partial charge is 0.225 e. The van der Waals surface area contributed by atoms with Crippen molar-refractivity contribution in [3.05, 3.63) is 47.2 Å². The maximum atomic E-state index is 12.7. The minimum Gasteiger partial charge on any atom is -0.350 e. The maximum Gasteiger partial charge on any atom is 0.225 e. The van der Waals surface area contributed by atoms with Crippen LogP contribution in [-0.2, 0) is 17.8 Å². The van der Waals surface area contributed by atoms with Crippen LogP contribution in [0.5, 0.6) is 0 Å². The first-order valence-electron chi connectivity index (χ1n) is 10.4. The van der Waals surface area contributed by atoms with Crippen LogP contribution < -0.4 is 4.90 Å². The largest absolute Gasteiger partial charge is 0.350 e. The minimum atomic E-state index is -0.00229. The second kappa shape index (κ2) is 7.86. The third kappa shape index (κ3) is 3.60. The molecule has 28 heavy (non-hydrogen) atoms. The van der Waals surface area contributed by atoms with Gasteiger partial charge in [-0.05, 0) is 44.7 Å². The number of anilines is 1. The van der Waals surface area contributed by atoms with Crippen molar-refractivity contribution in [2.24, 2.45) is 5.92 Å². The maximum absolute atomic E-state index is 12.7. The highest BCUT2D eigenvalue weighted by Gasteiger charge is 2.34. The number of aryl methyl sites for hydroxylation is 1. The van der Waals surface area contributed by atoms with Gasteiger partial charge >= 0.3 is 0 Å². The number of aromatic nitrogens is 3. The van der Waals surface area contributed by atoms with Crippen LogP contribution in [0.25, 0.3) is 0 Å². The molecule has 0 aromatic carbocycles. The van der Waals surface area contributed by atoms with Gasteiger partial charge in [-0.3, -0.25) is 9.78 Å². The minimum absolute atomic E-state index is 0.0000207. The summed E-state index contributed by atoms with van der Waals surface area (Å²) in [4.78, 5) is 31.3. The summed E-state index contributed by atoms with van der Waals surface area (Å²) in [5.41, 5.74) is 3.34. The zero-order valence-electron chi connectivity index (χ0n) is 17.1. The number of hydrogen-bond donors (Lipinski definition) is 0. The summed E-state index contributed by atoms with van der Waals surface area (Å²) in [6.07, 6.45) is 5.91. The number of carbonyl (C=O) groups is 1. The van der Waals surface area contributed by atoms with E-state index in [0.29, 0.717) is 0 Å². The molecule has 0 unspecified atom stereocenters. The Morgan fingerprint density at radius 2 is 2.07 bits per heavy atom. The molecule has 6 heteroatoms. The fourth-order valence-electron chi connectivity index (χ4n) is 4.33. The van der Waals surface area contributed by atoms with E-state index in [-0.39, 0.29) is 17.9 Å². The molecule has 1 fully saturated rings. The van der Waals surface area contributed by atoms with E-state index in [4.69, 9.17) is 9.97 Å². The van der Waals surface area contributed by atoms with E-state index >= 15 is 0 Å². The second-order valence-electron chi connectivity index (χ2n) is 8.16. The number of amides is 1. The van der Waals surface area contributed by atoms with Gasteiger partial charge in [0.05, 0.1) is 18.3 Å². The molecule has 0 saturated carbocycles. The van der Waals surface area contributed by atoms with Crippen molar-refractivity contribution in [2.45, 2.75) is 59.0 Å². The lowest BCUT2D eigenvalue weighted by Crippen LogP contribution is -2.36. The zero-order valence-corrected chi connectivity index (χ0v) is 17.1. The average molecular weight is 380 g/mol. The number of nitrogens with zero attached hydrogens (tertiary/aromatic N) is 5. The lowest BCUT2D eigenvalue weighted by molar-refractivity contribution is -0.135. The molecule has 1 amide bonds. The first kappa shape index (κ1) is 18.8. The van der Waals surface area contributed by atoms with Crippen molar-refractivity contribution in [1.82, 2.24) is 19.9 Å². The molecule has 0 spiro atoms. The number of fused-ring (bicyclic) bond motifs is 1. The normalized spacial score (nSPS) is 19.2. The van der Waals surface area contributed by atoms with Gasteiger partial charge in [0.1, 0.15) is 5.82 Å². The highest BCUT2D eigenvalue weighted by atomic mass is 16.2. The molecule has 4 rings (SSSR count). The topological polar surface area (TPSA) is 62.2 Å². The van der Waals surface area contributed by atoms with Gasteiger partial charge in [-0.15, -0.1) is 0 Å². The van der Waals surface area contributed by atoms with Gasteiger partial charge in [0.15, 0.2) is 5.82 Å². The van der Waals surface area contributed by atoms with Crippen LogP contribution in [-0.4, -0.2) is 38.8 Å². The first-order chi connectivity index (χ1) is 13.5. The van der Waals surface area contributed by atoms with Crippen LogP contribution >= 0.6 is 0 Å². The second-order valence-corrected chi connectivity index (χ2v) is 8.16. The summed E-state index contributed by atoms with van der Waals surface area (Å²) in [6.45, 7) is 8.54. The Morgan fingerprint density at radius 1 is 1.21 bits per heavy atom. The molecule has 1 saturated heterocycles. The van der Waals surface area contributed by atoms with Gasteiger partial charge in [0.25, 0.3) is 0 Å². The summed E-state index contributed by atoms with van der Waals surface area (Å²) in [5.74, 6) is 2.03. The quantitative estimate of drug-likeness (QED) is 0.814. The third-order valence-corrected chi connectivity index (χ3v) is 5.77. The highest BCUT2D eigenvalue weighted by molar-refractivity contribution is 5.78. The van der Waals surface area contributed by atoms with Crippen LogP contribution in [0.1, 0.15) is 61.9 Å². The Hall–Kier alpha value is -2.50. The monoisotopic (exact) mass is 379 g/mol. The van der Waals surface area contributed by atoms with E-state index in [1.54, 1.807) is 0 Å². The van der Waals surface area contributed by atoms with Gasteiger partial charge in [-0.1, -0.05) is 19.9 Å². The molecular formula is C22H29N5O. The summed E-state index contributed by atoms with van der Waals surface area (Å²) in [7, 11) is 0. The Kier molecular flexibility index (Phi) is 5.29. The number of pyridine rings is 1. The molecular weight excluding hydrogens is 350 g/mol.